The van der Waals surface area contributed by atoms with Crippen molar-refractivity contribution in [2.24, 2.45) is 0 Å². The van der Waals surface area contributed by atoms with Crippen LogP contribution in [-0.2, 0) is 0 Å². The van der Waals surface area contributed by atoms with E-state index in [0.29, 0.717) is 29.2 Å². The van der Waals surface area contributed by atoms with E-state index >= 15 is 0 Å². The fourth-order valence-corrected chi connectivity index (χ4v) is 3.24. The number of Topliss-reactive ketones (excluding diaryl/α,β-unsaturated/α-hetero) is 1. The summed E-state index contributed by atoms with van der Waals surface area (Å²) in [5.74, 6) is 0.108. The van der Waals surface area contributed by atoms with E-state index < -0.39 is 0 Å². The molecule has 0 spiro atoms. The maximum atomic E-state index is 12.7. The van der Waals surface area contributed by atoms with Gasteiger partial charge in [-0.25, -0.2) is 0 Å². The van der Waals surface area contributed by atoms with Crippen LogP contribution in [0.5, 0.6) is 5.75 Å². The van der Waals surface area contributed by atoms with Gasteiger partial charge < -0.3 is 10.1 Å². The Morgan fingerprint density at radius 2 is 1.90 bits per heavy atom. The van der Waals surface area contributed by atoms with Crippen LogP contribution in [-0.4, -0.2) is 23.4 Å². The monoisotopic (exact) mass is 476 g/mol. The zero-order valence-electron chi connectivity index (χ0n) is 16.6. The van der Waals surface area contributed by atoms with Gasteiger partial charge in [-0.1, -0.05) is 54.2 Å². The molecule has 2 rings (SSSR count). The largest absolute Gasteiger partial charge is 0.493 e. The van der Waals surface area contributed by atoms with E-state index in [1.165, 1.54) is 13.3 Å². The lowest BCUT2D eigenvalue weighted by atomic mass is 10.1. The van der Waals surface area contributed by atoms with Crippen molar-refractivity contribution in [3.05, 3.63) is 58.1 Å². The number of ether oxygens (including phenoxy) is 1. The molecule has 1 amide bonds. The topological polar surface area (TPSA) is 67.4 Å². The number of thiocarbonyl (C=S) groups is 1. The SMILES string of the molecule is CCCCCCOc1ccc(Br)cc1C(=O)NC(=S)Nc1cccc(C(C)=O)c1. The van der Waals surface area contributed by atoms with E-state index in [0.717, 1.165) is 23.7 Å². The first-order valence-electron chi connectivity index (χ1n) is 9.56. The maximum absolute atomic E-state index is 12.7. The Balaban J connectivity index is 2.01. The average Bonchev–Trinajstić information content (AvgIpc) is 2.68. The van der Waals surface area contributed by atoms with Gasteiger partial charge in [0.15, 0.2) is 10.9 Å². The zero-order valence-corrected chi connectivity index (χ0v) is 19.0. The molecule has 0 saturated heterocycles. The third kappa shape index (κ3) is 7.59. The molecule has 2 N–H and O–H groups in total. The number of nitrogens with one attached hydrogen (secondary N) is 2. The lowest BCUT2D eigenvalue weighted by Gasteiger charge is -2.14. The number of rotatable bonds is 9. The molecular formula is C22H25BrN2O3S. The summed E-state index contributed by atoms with van der Waals surface area (Å²) in [5.41, 5.74) is 1.59. The van der Waals surface area contributed by atoms with Crippen molar-refractivity contribution in [3.8, 4) is 5.75 Å². The fraction of sp³-hybridized carbons (Fsp3) is 0.318. The highest BCUT2D eigenvalue weighted by Gasteiger charge is 2.15. The summed E-state index contributed by atoms with van der Waals surface area (Å²) in [5, 5.41) is 5.74. The molecule has 0 fully saturated rings. The Morgan fingerprint density at radius 1 is 1.10 bits per heavy atom. The van der Waals surface area contributed by atoms with Crippen LogP contribution in [0.15, 0.2) is 46.9 Å². The Bertz CT molecular complexity index is 886. The standard InChI is InChI=1S/C22H25BrN2O3S/c1-3-4-5-6-12-28-20-11-10-17(23)14-19(20)21(27)25-22(29)24-18-9-7-8-16(13-18)15(2)26/h7-11,13-14H,3-6,12H2,1-2H3,(H2,24,25,27,29). The number of amides is 1. The molecule has 0 aliphatic heterocycles. The predicted octanol–water partition coefficient (Wildman–Crippen LogP) is 5.74. The summed E-state index contributed by atoms with van der Waals surface area (Å²) < 4.78 is 6.59. The van der Waals surface area contributed by atoms with Gasteiger partial charge in [0.1, 0.15) is 5.75 Å². The Labute approximate surface area is 185 Å². The Hall–Kier alpha value is -2.25. The van der Waals surface area contributed by atoms with E-state index in [9.17, 15) is 9.59 Å². The third-order valence-corrected chi connectivity index (χ3v) is 4.89. The second-order valence-electron chi connectivity index (χ2n) is 6.59. The summed E-state index contributed by atoms with van der Waals surface area (Å²) in [4.78, 5) is 24.2. The van der Waals surface area contributed by atoms with Gasteiger partial charge in [-0.05, 0) is 55.9 Å². The highest BCUT2D eigenvalue weighted by molar-refractivity contribution is 9.10. The van der Waals surface area contributed by atoms with E-state index in [2.05, 4.69) is 33.5 Å². The van der Waals surface area contributed by atoms with Crippen LogP contribution < -0.4 is 15.4 Å². The number of benzene rings is 2. The van der Waals surface area contributed by atoms with Crippen molar-refractivity contribution in [3.63, 3.8) is 0 Å². The predicted molar refractivity (Wildman–Crippen MR) is 124 cm³/mol. The molecule has 0 aliphatic rings. The molecule has 0 radical (unpaired) electrons. The van der Waals surface area contributed by atoms with Crippen molar-refractivity contribution < 1.29 is 14.3 Å². The minimum absolute atomic E-state index is 0.0431. The molecule has 2 aromatic carbocycles. The third-order valence-electron chi connectivity index (χ3n) is 4.20. The summed E-state index contributed by atoms with van der Waals surface area (Å²) in [7, 11) is 0. The minimum atomic E-state index is -0.366. The van der Waals surface area contributed by atoms with Crippen LogP contribution in [0, 0.1) is 0 Å². The summed E-state index contributed by atoms with van der Waals surface area (Å²) >= 11 is 8.64. The van der Waals surface area contributed by atoms with Crippen molar-refractivity contribution in [2.45, 2.75) is 39.5 Å². The van der Waals surface area contributed by atoms with Crippen LogP contribution in [0.2, 0.25) is 0 Å². The van der Waals surface area contributed by atoms with Crippen molar-refractivity contribution in [2.75, 3.05) is 11.9 Å². The molecule has 0 aromatic heterocycles. The summed E-state index contributed by atoms with van der Waals surface area (Å²) in [6.07, 6.45) is 4.37. The van der Waals surface area contributed by atoms with Crippen LogP contribution in [0.25, 0.3) is 0 Å². The number of carbonyl (C=O) groups excluding carboxylic acids is 2. The Morgan fingerprint density at radius 3 is 2.62 bits per heavy atom. The van der Waals surface area contributed by atoms with Crippen LogP contribution >= 0.6 is 28.1 Å². The smallest absolute Gasteiger partial charge is 0.261 e. The van der Waals surface area contributed by atoms with Crippen molar-refractivity contribution in [1.82, 2.24) is 5.32 Å². The molecule has 2 aromatic rings. The number of carbonyl (C=O) groups is 2. The first-order chi connectivity index (χ1) is 13.9. The molecule has 0 bridgehead atoms. The number of hydrogen-bond acceptors (Lipinski definition) is 4. The van der Waals surface area contributed by atoms with Crippen LogP contribution in [0.4, 0.5) is 5.69 Å². The second-order valence-corrected chi connectivity index (χ2v) is 7.92. The van der Waals surface area contributed by atoms with E-state index in [1.54, 1.807) is 36.4 Å². The van der Waals surface area contributed by atoms with Gasteiger partial charge in [0.25, 0.3) is 5.91 Å². The van der Waals surface area contributed by atoms with Gasteiger partial charge in [-0.2, -0.15) is 0 Å². The molecule has 0 aliphatic carbocycles. The summed E-state index contributed by atoms with van der Waals surface area (Å²) in [6, 6.07) is 12.2. The lowest BCUT2D eigenvalue weighted by molar-refractivity contribution is 0.0971. The zero-order chi connectivity index (χ0) is 21.2. The molecule has 0 unspecified atom stereocenters. The highest BCUT2D eigenvalue weighted by atomic mass is 79.9. The summed E-state index contributed by atoms with van der Waals surface area (Å²) in [6.45, 7) is 4.21. The molecule has 154 valence electrons. The molecule has 0 saturated carbocycles. The average molecular weight is 477 g/mol. The van der Waals surface area contributed by atoms with Gasteiger partial charge in [0, 0.05) is 15.7 Å². The van der Waals surface area contributed by atoms with Gasteiger partial charge in [-0.3, -0.25) is 14.9 Å². The molecule has 29 heavy (non-hydrogen) atoms. The van der Waals surface area contributed by atoms with Crippen LogP contribution in [0.1, 0.15) is 60.2 Å². The molecule has 0 atom stereocenters. The molecule has 0 heterocycles. The van der Waals surface area contributed by atoms with E-state index in [1.807, 2.05) is 6.07 Å². The van der Waals surface area contributed by atoms with Crippen molar-refractivity contribution >= 4 is 50.6 Å². The van der Waals surface area contributed by atoms with E-state index in [4.69, 9.17) is 17.0 Å². The Kier molecular flexibility index (Phi) is 9.28. The minimum Gasteiger partial charge on any atom is -0.493 e. The van der Waals surface area contributed by atoms with Gasteiger partial charge in [0.05, 0.1) is 12.2 Å². The molecule has 5 nitrogen and oxygen atoms in total. The maximum Gasteiger partial charge on any atom is 0.261 e. The first-order valence-corrected chi connectivity index (χ1v) is 10.8. The van der Waals surface area contributed by atoms with Crippen LogP contribution in [0.3, 0.4) is 0 Å². The number of ketones is 1. The number of hydrogen-bond donors (Lipinski definition) is 2. The van der Waals surface area contributed by atoms with Crippen molar-refractivity contribution in [1.29, 1.82) is 0 Å². The second kappa shape index (κ2) is 11.7. The fourth-order valence-electron chi connectivity index (χ4n) is 2.67. The van der Waals surface area contributed by atoms with E-state index in [-0.39, 0.29) is 16.8 Å². The number of anilines is 1. The van der Waals surface area contributed by atoms with Gasteiger partial charge in [0.2, 0.25) is 0 Å². The quantitative estimate of drug-likeness (QED) is 0.274. The normalized spacial score (nSPS) is 10.3. The molecular weight excluding hydrogens is 452 g/mol. The van der Waals surface area contributed by atoms with Gasteiger partial charge in [-0.15, -0.1) is 0 Å². The molecule has 7 heteroatoms. The highest BCUT2D eigenvalue weighted by Crippen LogP contribution is 2.24. The number of unbranched alkanes of at least 4 members (excludes halogenated alkanes) is 3. The first kappa shape index (κ1) is 23.0. The number of halogens is 1. The van der Waals surface area contributed by atoms with Gasteiger partial charge >= 0.3 is 0 Å². The lowest BCUT2D eigenvalue weighted by Crippen LogP contribution is -2.34.